The van der Waals surface area contributed by atoms with E-state index in [9.17, 15) is 8.42 Å². The van der Waals surface area contributed by atoms with Crippen molar-refractivity contribution in [1.82, 2.24) is 4.72 Å². The van der Waals surface area contributed by atoms with Crippen LogP contribution in [0.15, 0.2) is 47.4 Å². The number of sulfonamides is 1. The van der Waals surface area contributed by atoms with E-state index in [1.807, 2.05) is 32.0 Å². The second kappa shape index (κ2) is 9.08. The van der Waals surface area contributed by atoms with Gasteiger partial charge in [0.15, 0.2) is 11.5 Å². The molecule has 2 rings (SSSR count). The van der Waals surface area contributed by atoms with Gasteiger partial charge in [-0.3, -0.25) is 0 Å². The predicted octanol–water partition coefficient (Wildman–Crippen LogP) is 3.66. The Hall–Kier alpha value is -1.76. The molecule has 0 saturated carbocycles. The van der Waals surface area contributed by atoms with Gasteiger partial charge >= 0.3 is 0 Å². The van der Waals surface area contributed by atoms with Crippen LogP contribution in [0.4, 0.5) is 0 Å². The molecule has 5 nitrogen and oxygen atoms in total. The second-order valence-corrected chi connectivity index (χ2v) is 7.45. The molecule has 7 heteroatoms. The lowest BCUT2D eigenvalue weighted by molar-refractivity contribution is 0.287. The van der Waals surface area contributed by atoms with Gasteiger partial charge in [0, 0.05) is 11.6 Å². The largest absolute Gasteiger partial charge is 0.490 e. The smallest absolute Gasteiger partial charge is 0.240 e. The summed E-state index contributed by atoms with van der Waals surface area (Å²) in [5, 5.41) is 0.497. The Morgan fingerprint density at radius 1 is 0.960 bits per heavy atom. The van der Waals surface area contributed by atoms with E-state index in [-0.39, 0.29) is 11.4 Å². The van der Waals surface area contributed by atoms with Crippen molar-refractivity contribution in [3.8, 4) is 11.5 Å². The van der Waals surface area contributed by atoms with Gasteiger partial charge in [0.05, 0.1) is 18.1 Å². The van der Waals surface area contributed by atoms with E-state index in [0.717, 1.165) is 5.56 Å². The summed E-state index contributed by atoms with van der Waals surface area (Å²) in [5.74, 6) is 1.36. The summed E-state index contributed by atoms with van der Waals surface area (Å²) in [6, 6.07) is 11.7. The van der Waals surface area contributed by atoms with Crippen molar-refractivity contribution in [1.29, 1.82) is 0 Å². The van der Waals surface area contributed by atoms with Crippen molar-refractivity contribution >= 4 is 21.6 Å². The maximum Gasteiger partial charge on any atom is 0.240 e. The first-order valence-electron chi connectivity index (χ1n) is 8.10. The summed E-state index contributed by atoms with van der Waals surface area (Å²) < 4.78 is 38.2. The van der Waals surface area contributed by atoms with E-state index in [4.69, 9.17) is 21.1 Å². The summed E-state index contributed by atoms with van der Waals surface area (Å²) in [6.07, 6.45) is 0.541. The van der Waals surface area contributed by atoms with Gasteiger partial charge in [-0.2, -0.15) is 0 Å². The lowest BCUT2D eigenvalue weighted by atomic mass is 10.1. The van der Waals surface area contributed by atoms with Crippen LogP contribution < -0.4 is 14.2 Å². The molecule has 0 aliphatic rings. The molecule has 0 heterocycles. The van der Waals surface area contributed by atoms with Crippen molar-refractivity contribution in [2.45, 2.75) is 25.2 Å². The zero-order chi connectivity index (χ0) is 18.3. The number of halogens is 1. The Bertz CT molecular complexity index is 791. The fourth-order valence-electron chi connectivity index (χ4n) is 2.28. The van der Waals surface area contributed by atoms with Crippen LogP contribution in [0.2, 0.25) is 5.02 Å². The van der Waals surface area contributed by atoms with Crippen molar-refractivity contribution in [2.75, 3.05) is 19.8 Å². The van der Waals surface area contributed by atoms with Crippen LogP contribution >= 0.6 is 11.6 Å². The number of nitrogens with one attached hydrogen (secondary N) is 1. The summed E-state index contributed by atoms with van der Waals surface area (Å²) >= 11 is 5.78. The van der Waals surface area contributed by atoms with Gasteiger partial charge in [-0.15, -0.1) is 0 Å². The Morgan fingerprint density at radius 2 is 1.60 bits per heavy atom. The number of benzene rings is 2. The molecule has 0 atom stereocenters. The molecule has 2 aromatic rings. The van der Waals surface area contributed by atoms with Crippen LogP contribution in [0.5, 0.6) is 11.5 Å². The van der Waals surface area contributed by atoms with Gasteiger partial charge in [-0.05, 0) is 62.2 Å². The molecule has 1 N–H and O–H groups in total. The van der Waals surface area contributed by atoms with E-state index in [1.54, 1.807) is 12.1 Å². The minimum absolute atomic E-state index is 0.193. The van der Waals surface area contributed by atoms with Crippen molar-refractivity contribution in [2.24, 2.45) is 0 Å². The van der Waals surface area contributed by atoms with E-state index in [1.165, 1.54) is 12.1 Å². The van der Waals surface area contributed by atoms with Crippen LogP contribution in [-0.4, -0.2) is 28.2 Å². The van der Waals surface area contributed by atoms with E-state index >= 15 is 0 Å². The minimum atomic E-state index is -3.55. The molecule has 136 valence electrons. The highest BCUT2D eigenvalue weighted by atomic mass is 35.5. The normalized spacial score (nSPS) is 11.3. The van der Waals surface area contributed by atoms with Crippen molar-refractivity contribution in [3.63, 3.8) is 0 Å². The summed E-state index contributed by atoms with van der Waals surface area (Å²) in [5.41, 5.74) is 0.964. The van der Waals surface area contributed by atoms with Gasteiger partial charge in [0.2, 0.25) is 10.0 Å². The Morgan fingerprint density at radius 3 is 2.24 bits per heavy atom. The molecule has 0 spiro atoms. The molecule has 0 aliphatic carbocycles. The molecule has 0 unspecified atom stereocenters. The van der Waals surface area contributed by atoms with Crippen LogP contribution in [0.3, 0.4) is 0 Å². The molecule has 0 fully saturated rings. The molecule has 0 bridgehead atoms. The standard InChI is InChI=1S/C18H22ClNO4S/c1-3-23-17-10-5-14(13-18(17)24-4-2)11-12-20-25(21,22)16-8-6-15(19)7-9-16/h5-10,13,20H,3-4,11-12H2,1-2H3. The first kappa shape index (κ1) is 19.6. The van der Waals surface area contributed by atoms with Crippen LogP contribution in [0.25, 0.3) is 0 Å². The van der Waals surface area contributed by atoms with E-state index in [2.05, 4.69) is 4.72 Å². The third-order valence-corrected chi connectivity index (χ3v) is 5.17. The SMILES string of the molecule is CCOc1ccc(CCNS(=O)(=O)c2ccc(Cl)cc2)cc1OCC. The number of hydrogen-bond donors (Lipinski definition) is 1. The lowest BCUT2D eigenvalue weighted by Gasteiger charge is -2.13. The third-order valence-electron chi connectivity index (χ3n) is 3.44. The van der Waals surface area contributed by atoms with E-state index in [0.29, 0.717) is 36.2 Å². The zero-order valence-electron chi connectivity index (χ0n) is 14.3. The van der Waals surface area contributed by atoms with Gasteiger partial charge in [-0.1, -0.05) is 17.7 Å². The van der Waals surface area contributed by atoms with Gasteiger partial charge in [-0.25, -0.2) is 13.1 Å². The van der Waals surface area contributed by atoms with Gasteiger partial charge in [0.25, 0.3) is 0 Å². The molecule has 0 aromatic heterocycles. The average Bonchev–Trinajstić information content (AvgIpc) is 2.58. The molecular formula is C18H22ClNO4S. The first-order valence-corrected chi connectivity index (χ1v) is 9.96. The molecule has 0 aliphatic heterocycles. The fraction of sp³-hybridized carbons (Fsp3) is 0.333. The highest BCUT2D eigenvalue weighted by Gasteiger charge is 2.13. The third kappa shape index (κ3) is 5.63. The van der Waals surface area contributed by atoms with Crippen LogP contribution in [0.1, 0.15) is 19.4 Å². The highest BCUT2D eigenvalue weighted by Crippen LogP contribution is 2.28. The predicted molar refractivity (Wildman–Crippen MR) is 99.1 cm³/mol. The van der Waals surface area contributed by atoms with Crippen molar-refractivity contribution < 1.29 is 17.9 Å². The highest BCUT2D eigenvalue weighted by molar-refractivity contribution is 7.89. The van der Waals surface area contributed by atoms with Crippen LogP contribution in [0, 0.1) is 0 Å². The lowest BCUT2D eigenvalue weighted by Crippen LogP contribution is -2.26. The molecular weight excluding hydrogens is 362 g/mol. The Kier molecular flexibility index (Phi) is 7.11. The summed E-state index contributed by atoms with van der Waals surface area (Å²) in [7, 11) is -3.55. The number of hydrogen-bond acceptors (Lipinski definition) is 4. The number of ether oxygens (including phenoxy) is 2. The quantitative estimate of drug-likeness (QED) is 0.717. The average molecular weight is 384 g/mol. The van der Waals surface area contributed by atoms with E-state index < -0.39 is 10.0 Å². The molecule has 25 heavy (non-hydrogen) atoms. The van der Waals surface area contributed by atoms with Gasteiger partial charge < -0.3 is 9.47 Å². The summed E-state index contributed by atoms with van der Waals surface area (Å²) in [6.45, 7) is 5.19. The van der Waals surface area contributed by atoms with Crippen molar-refractivity contribution in [3.05, 3.63) is 53.1 Å². The monoisotopic (exact) mass is 383 g/mol. The molecule has 0 amide bonds. The minimum Gasteiger partial charge on any atom is -0.490 e. The zero-order valence-corrected chi connectivity index (χ0v) is 15.9. The first-order chi connectivity index (χ1) is 12.0. The van der Waals surface area contributed by atoms with Gasteiger partial charge in [0.1, 0.15) is 0 Å². The fourth-order valence-corrected chi connectivity index (χ4v) is 3.44. The number of rotatable bonds is 9. The maximum atomic E-state index is 12.2. The molecule has 0 radical (unpaired) electrons. The van der Waals surface area contributed by atoms with Crippen LogP contribution in [-0.2, 0) is 16.4 Å². The summed E-state index contributed by atoms with van der Waals surface area (Å²) in [4.78, 5) is 0.193. The Labute approximate surface area is 154 Å². The molecule has 2 aromatic carbocycles. The second-order valence-electron chi connectivity index (χ2n) is 5.25. The Balaban J connectivity index is 2.01. The topological polar surface area (TPSA) is 64.6 Å². The maximum absolute atomic E-state index is 12.2. The molecule has 0 saturated heterocycles.